The quantitative estimate of drug-likeness (QED) is 0.808. The molecule has 0 bridgehead atoms. The van der Waals surface area contributed by atoms with Crippen molar-refractivity contribution in [1.29, 1.82) is 0 Å². The van der Waals surface area contributed by atoms with Crippen molar-refractivity contribution < 1.29 is 0 Å². The maximum Gasteiger partial charge on any atom is 0.0361 e. The first-order chi connectivity index (χ1) is 11.1. The predicted octanol–water partition coefficient (Wildman–Crippen LogP) is 4.69. The SMILES string of the molecule is CN(C)c1ccc(C2=CCC=C2c2ccc(N(C)C)cc2)cc1. The molecule has 0 aromatic heterocycles. The Labute approximate surface area is 139 Å². The summed E-state index contributed by atoms with van der Waals surface area (Å²) in [5.41, 5.74) is 7.72. The number of rotatable bonds is 4. The van der Waals surface area contributed by atoms with Crippen molar-refractivity contribution >= 4 is 22.5 Å². The van der Waals surface area contributed by atoms with Crippen LogP contribution in [0.15, 0.2) is 60.7 Å². The minimum absolute atomic E-state index is 1.01. The van der Waals surface area contributed by atoms with E-state index >= 15 is 0 Å². The Morgan fingerprint density at radius 3 is 1.22 bits per heavy atom. The Hall–Kier alpha value is -2.48. The van der Waals surface area contributed by atoms with Gasteiger partial charge in [-0.1, -0.05) is 36.4 Å². The zero-order chi connectivity index (χ0) is 16.4. The highest BCUT2D eigenvalue weighted by Gasteiger charge is 2.14. The normalized spacial score (nSPS) is 13.6. The van der Waals surface area contributed by atoms with Crippen LogP contribution in [0.3, 0.4) is 0 Å². The van der Waals surface area contributed by atoms with E-state index in [0.717, 1.165) is 6.42 Å². The molecule has 1 aliphatic rings. The zero-order valence-electron chi connectivity index (χ0n) is 14.4. The van der Waals surface area contributed by atoms with E-state index in [4.69, 9.17) is 0 Å². The Kier molecular flexibility index (Phi) is 4.24. The third-order valence-electron chi connectivity index (χ3n) is 4.32. The first kappa shape index (κ1) is 15.4. The van der Waals surface area contributed by atoms with Crippen LogP contribution in [0.5, 0.6) is 0 Å². The van der Waals surface area contributed by atoms with Crippen LogP contribution in [-0.2, 0) is 0 Å². The second-order valence-corrected chi connectivity index (χ2v) is 6.35. The molecule has 2 aromatic rings. The van der Waals surface area contributed by atoms with Gasteiger partial charge in [0.1, 0.15) is 0 Å². The van der Waals surface area contributed by atoms with Gasteiger partial charge in [0.15, 0.2) is 0 Å². The van der Waals surface area contributed by atoms with Gasteiger partial charge in [-0.05, 0) is 53.0 Å². The van der Waals surface area contributed by atoms with Gasteiger partial charge in [0.2, 0.25) is 0 Å². The van der Waals surface area contributed by atoms with Gasteiger partial charge in [-0.3, -0.25) is 0 Å². The van der Waals surface area contributed by atoms with Crippen molar-refractivity contribution in [3.63, 3.8) is 0 Å². The number of anilines is 2. The summed E-state index contributed by atoms with van der Waals surface area (Å²) in [6.07, 6.45) is 5.65. The third kappa shape index (κ3) is 3.16. The van der Waals surface area contributed by atoms with Crippen molar-refractivity contribution in [3.05, 3.63) is 71.8 Å². The second kappa shape index (κ2) is 6.33. The molecule has 23 heavy (non-hydrogen) atoms. The van der Waals surface area contributed by atoms with Crippen LogP contribution >= 0.6 is 0 Å². The van der Waals surface area contributed by atoms with Gasteiger partial charge < -0.3 is 9.80 Å². The Bertz CT molecular complexity index is 667. The summed E-state index contributed by atoms with van der Waals surface area (Å²) in [4.78, 5) is 4.26. The number of nitrogens with zero attached hydrogens (tertiary/aromatic N) is 2. The van der Waals surface area contributed by atoms with E-state index in [-0.39, 0.29) is 0 Å². The lowest BCUT2D eigenvalue weighted by molar-refractivity contribution is 1.13. The number of hydrogen-bond donors (Lipinski definition) is 0. The van der Waals surface area contributed by atoms with Crippen molar-refractivity contribution in [2.75, 3.05) is 38.0 Å². The molecule has 0 atom stereocenters. The Morgan fingerprint density at radius 1 is 0.565 bits per heavy atom. The van der Waals surface area contributed by atoms with E-state index in [0.29, 0.717) is 0 Å². The first-order valence-electron chi connectivity index (χ1n) is 8.02. The molecular formula is C21H24N2. The molecule has 0 fully saturated rings. The fourth-order valence-electron chi connectivity index (χ4n) is 2.94. The molecule has 2 heteroatoms. The van der Waals surface area contributed by atoms with E-state index in [2.05, 4.69) is 98.7 Å². The molecule has 0 saturated carbocycles. The van der Waals surface area contributed by atoms with Gasteiger partial charge in [-0.25, -0.2) is 0 Å². The lowest BCUT2D eigenvalue weighted by Crippen LogP contribution is -2.08. The molecule has 0 unspecified atom stereocenters. The molecule has 118 valence electrons. The fourth-order valence-corrected chi connectivity index (χ4v) is 2.94. The Morgan fingerprint density at radius 2 is 0.913 bits per heavy atom. The topological polar surface area (TPSA) is 6.48 Å². The fraction of sp³-hybridized carbons (Fsp3) is 0.238. The predicted molar refractivity (Wildman–Crippen MR) is 102 cm³/mol. The lowest BCUT2D eigenvalue weighted by Gasteiger charge is -2.16. The first-order valence-corrected chi connectivity index (χ1v) is 8.02. The van der Waals surface area contributed by atoms with E-state index in [1.807, 2.05) is 0 Å². The summed E-state index contributed by atoms with van der Waals surface area (Å²) in [5.74, 6) is 0. The van der Waals surface area contributed by atoms with Crippen LogP contribution < -0.4 is 9.80 Å². The Balaban J connectivity index is 1.87. The van der Waals surface area contributed by atoms with E-state index < -0.39 is 0 Å². The molecule has 3 rings (SSSR count). The van der Waals surface area contributed by atoms with Gasteiger partial charge in [0.05, 0.1) is 0 Å². The van der Waals surface area contributed by atoms with Gasteiger partial charge in [-0.2, -0.15) is 0 Å². The van der Waals surface area contributed by atoms with Crippen LogP contribution in [0.1, 0.15) is 17.5 Å². The van der Waals surface area contributed by atoms with Gasteiger partial charge in [0, 0.05) is 39.6 Å². The molecule has 1 aliphatic carbocycles. The highest BCUT2D eigenvalue weighted by Crippen LogP contribution is 2.37. The maximum atomic E-state index is 2.32. The van der Waals surface area contributed by atoms with Crippen molar-refractivity contribution in [2.45, 2.75) is 6.42 Å². The smallest absolute Gasteiger partial charge is 0.0361 e. The van der Waals surface area contributed by atoms with Gasteiger partial charge in [0.25, 0.3) is 0 Å². The average molecular weight is 304 g/mol. The molecule has 0 N–H and O–H groups in total. The summed E-state index contributed by atoms with van der Waals surface area (Å²) in [6.45, 7) is 0. The minimum atomic E-state index is 1.01. The van der Waals surface area contributed by atoms with Crippen LogP contribution in [0.4, 0.5) is 11.4 Å². The molecule has 2 aromatic carbocycles. The lowest BCUT2D eigenvalue weighted by atomic mass is 9.94. The second-order valence-electron chi connectivity index (χ2n) is 6.35. The van der Waals surface area contributed by atoms with Crippen molar-refractivity contribution in [2.24, 2.45) is 0 Å². The molecule has 2 nitrogen and oxygen atoms in total. The highest BCUT2D eigenvalue weighted by atomic mass is 15.1. The molecular weight excluding hydrogens is 280 g/mol. The van der Waals surface area contributed by atoms with Crippen molar-refractivity contribution in [3.8, 4) is 0 Å². The van der Waals surface area contributed by atoms with Gasteiger partial charge >= 0.3 is 0 Å². The number of benzene rings is 2. The molecule has 0 heterocycles. The van der Waals surface area contributed by atoms with Crippen LogP contribution in [0, 0.1) is 0 Å². The number of hydrogen-bond acceptors (Lipinski definition) is 2. The largest absolute Gasteiger partial charge is 0.378 e. The molecule has 0 spiro atoms. The molecule has 0 radical (unpaired) electrons. The van der Waals surface area contributed by atoms with Crippen LogP contribution in [-0.4, -0.2) is 28.2 Å². The van der Waals surface area contributed by atoms with Crippen molar-refractivity contribution in [1.82, 2.24) is 0 Å². The van der Waals surface area contributed by atoms with Crippen LogP contribution in [0.2, 0.25) is 0 Å². The summed E-state index contributed by atoms with van der Waals surface area (Å²) in [5, 5.41) is 0. The summed E-state index contributed by atoms with van der Waals surface area (Å²) < 4.78 is 0. The standard InChI is InChI=1S/C21H24N2/c1-22(2)18-12-8-16(9-13-18)20-6-5-7-21(20)17-10-14-19(15-11-17)23(3)4/h6-15H,5H2,1-4H3. The van der Waals surface area contributed by atoms with E-state index in [1.165, 1.54) is 33.6 Å². The monoisotopic (exact) mass is 304 g/mol. The van der Waals surface area contributed by atoms with E-state index in [1.54, 1.807) is 0 Å². The molecule has 0 aliphatic heterocycles. The minimum Gasteiger partial charge on any atom is -0.378 e. The number of allylic oxidation sites excluding steroid dienone is 4. The highest BCUT2D eigenvalue weighted by molar-refractivity contribution is 6.07. The maximum absolute atomic E-state index is 2.32. The summed E-state index contributed by atoms with van der Waals surface area (Å²) in [6, 6.07) is 17.6. The molecule has 0 amide bonds. The summed E-state index contributed by atoms with van der Waals surface area (Å²) >= 11 is 0. The summed E-state index contributed by atoms with van der Waals surface area (Å²) in [7, 11) is 8.28. The van der Waals surface area contributed by atoms with Crippen LogP contribution in [0.25, 0.3) is 11.1 Å². The average Bonchev–Trinajstić information content (AvgIpc) is 3.04. The van der Waals surface area contributed by atoms with Gasteiger partial charge in [-0.15, -0.1) is 0 Å². The third-order valence-corrected chi connectivity index (χ3v) is 4.32. The zero-order valence-corrected chi connectivity index (χ0v) is 14.4. The van der Waals surface area contributed by atoms with E-state index in [9.17, 15) is 0 Å². The molecule has 0 saturated heterocycles.